The molecule has 1 fully saturated rings. The Morgan fingerprint density at radius 1 is 1.16 bits per heavy atom. The number of ether oxygens (including phenoxy) is 2. The molecule has 5 nitrogen and oxygen atoms in total. The maximum atomic E-state index is 13.3. The predicted octanol–water partition coefficient (Wildman–Crippen LogP) is 3.88. The summed E-state index contributed by atoms with van der Waals surface area (Å²) in [6.45, 7) is 1.70. The largest absolute Gasteiger partial charge is 0.486 e. The van der Waals surface area contributed by atoms with Crippen LogP contribution in [0.2, 0.25) is 0 Å². The van der Waals surface area contributed by atoms with E-state index in [1.807, 2.05) is 18.2 Å². The van der Waals surface area contributed by atoms with Crippen LogP contribution in [0.1, 0.15) is 10.9 Å². The minimum atomic E-state index is -0.378. The number of amides is 2. The molecule has 0 saturated carbocycles. The van der Waals surface area contributed by atoms with E-state index >= 15 is 0 Å². The molecule has 2 aliphatic heterocycles. The summed E-state index contributed by atoms with van der Waals surface area (Å²) < 4.78 is 24.5. The molecular formula is C18H17FN2O3S. The highest BCUT2D eigenvalue weighted by Crippen LogP contribution is 2.41. The number of thioether (sulfide) groups is 1. The second kappa shape index (κ2) is 6.84. The first-order valence-corrected chi connectivity index (χ1v) is 9.10. The van der Waals surface area contributed by atoms with Crippen molar-refractivity contribution in [3.8, 4) is 11.5 Å². The van der Waals surface area contributed by atoms with E-state index in [9.17, 15) is 9.18 Å². The van der Waals surface area contributed by atoms with Crippen LogP contribution in [0.4, 0.5) is 14.9 Å². The molecule has 0 aromatic heterocycles. The Labute approximate surface area is 149 Å². The standard InChI is InChI=1S/C18H17FN2O3S/c19-13-2-1-3-14(11-13)20-18(22)21-6-9-25-17(21)12-4-5-15-16(10-12)24-8-7-23-15/h1-5,10-11,17H,6-9H2,(H,20,22)/t17-/m0/s1. The molecule has 0 bridgehead atoms. The zero-order chi connectivity index (χ0) is 17.2. The number of benzene rings is 2. The maximum absolute atomic E-state index is 13.3. The third-order valence-corrected chi connectivity index (χ3v) is 5.34. The average Bonchev–Trinajstić information content (AvgIpc) is 3.11. The Kier molecular flexibility index (Phi) is 4.40. The fraction of sp³-hybridized carbons (Fsp3) is 0.278. The molecule has 1 atom stereocenters. The number of hydrogen-bond donors (Lipinski definition) is 1. The Hall–Kier alpha value is -2.41. The Balaban J connectivity index is 1.53. The summed E-state index contributed by atoms with van der Waals surface area (Å²) in [5, 5.41) is 2.66. The number of nitrogens with one attached hydrogen (secondary N) is 1. The molecule has 1 saturated heterocycles. The number of rotatable bonds is 2. The van der Waals surface area contributed by atoms with Crippen LogP contribution in [0.15, 0.2) is 42.5 Å². The van der Waals surface area contributed by atoms with E-state index in [4.69, 9.17) is 9.47 Å². The van der Waals surface area contributed by atoms with Gasteiger partial charge in [-0.3, -0.25) is 0 Å². The zero-order valence-electron chi connectivity index (χ0n) is 13.4. The topological polar surface area (TPSA) is 50.8 Å². The van der Waals surface area contributed by atoms with Gasteiger partial charge in [0.15, 0.2) is 11.5 Å². The van der Waals surface area contributed by atoms with Crippen LogP contribution in [0.3, 0.4) is 0 Å². The van der Waals surface area contributed by atoms with Crippen molar-refractivity contribution in [3.05, 3.63) is 53.8 Å². The third-order valence-electron chi connectivity index (χ3n) is 4.08. The quantitative estimate of drug-likeness (QED) is 0.883. The SMILES string of the molecule is O=C(Nc1cccc(F)c1)N1CCS[C@H]1c1ccc2c(c1)OCCO2. The molecule has 0 aliphatic carbocycles. The van der Waals surface area contributed by atoms with Gasteiger partial charge in [0, 0.05) is 18.0 Å². The first-order valence-electron chi connectivity index (χ1n) is 8.05. The zero-order valence-corrected chi connectivity index (χ0v) is 14.2. The second-order valence-corrected chi connectivity index (χ2v) is 6.95. The van der Waals surface area contributed by atoms with Crippen LogP contribution < -0.4 is 14.8 Å². The van der Waals surface area contributed by atoms with Crippen molar-refractivity contribution in [1.29, 1.82) is 0 Å². The normalized spacial score (nSPS) is 18.9. The van der Waals surface area contributed by atoms with Crippen molar-refractivity contribution in [2.24, 2.45) is 0 Å². The first kappa shape index (κ1) is 16.1. The first-order chi connectivity index (χ1) is 12.2. The van der Waals surface area contributed by atoms with Crippen molar-refractivity contribution >= 4 is 23.5 Å². The van der Waals surface area contributed by atoms with E-state index < -0.39 is 0 Å². The number of anilines is 1. The molecule has 130 valence electrons. The van der Waals surface area contributed by atoms with Gasteiger partial charge in [0.05, 0.1) is 0 Å². The van der Waals surface area contributed by atoms with Crippen molar-refractivity contribution in [2.75, 3.05) is 30.8 Å². The van der Waals surface area contributed by atoms with E-state index in [0.29, 0.717) is 31.2 Å². The van der Waals surface area contributed by atoms with Crippen LogP contribution in [-0.4, -0.2) is 36.4 Å². The maximum Gasteiger partial charge on any atom is 0.323 e. The number of carbonyl (C=O) groups is 1. The van der Waals surface area contributed by atoms with E-state index in [0.717, 1.165) is 17.1 Å². The fourth-order valence-electron chi connectivity index (χ4n) is 2.93. The van der Waals surface area contributed by atoms with Crippen molar-refractivity contribution < 1.29 is 18.7 Å². The van der Waals surface area contributed by atoms with Crippen LogP contribution in [0, 0.1) is 5.82 Å². The molecule has 2 aromatic rings. The molecule has 25 heavy (non-hydrogen) atoms. The van der Waals surface area contributed by atoms with Crippen LogP contribution in [0.25, 0.3) is 0 Å². The fourth-order valence-corrected chi connectivity index (χ4v) is 4.17. The van der Waals surface area contributed by atoms with Gasteiger partial charge in [-0.2, -0.15) is 0 Å². The molecule has 0 radical (unpaired) electrons. The molecule has 0 unspecified atom stereocenters. The van der Waals surface area contributed by atoms with Crippen LogP contribution in [-0.2, 0) is 0 Å². The van der Waals surface area contributed by atoms with E-state index in [2.05, 4.69) is 5.32 Å². The van der Waals surface area contributed by atoms with Gasteiger partial charge in [0.1, 0.15) is 24.4 Å². The van der Waals surface area contributed by atoms with E-state index in [1.165, 1.54) is 12.1 Å². The van der Waals surface area contributed by atoms with Gasteiger partial charge in [-0.15, -0.1) is 11.8 Å². The number of urea groups is 1. The Bertz CT molecular complexity index is 802. The van der Waals surface area contributed by atoms with Gasteiger partial charge >= 0.3 is 6.03 Å². The molecule has 2 aliphatic rings. The molecule has 2 aromatic carbocycles. The van der Waals surface area contributed by atoms with Crippen LogP contribution in [0.5, 0.6) is 11.5 Å². The lowest BCUT2D eigenvalue weighted by Crippen LogP contribution is -2.34. The third kappa shape index (κ3) is 3.37. The van der Waals surface area contributed by atoms with Gasteiger partial charge in [0.2, 0.25) is 0 Å². The van der Waals surface area contributed by atoms with Crippen molar-refractivity contribution in [2.45, 2.75) is 5.37 Å². The summed E-state index contributed by atoms with van der Waals surface area (Å²) in [4.78, 5) is 14.4. The summed E-state index contributed by atoms with van der Waals surface area (Å²) in [5.41, 5.74) is 1.43. The lowest BCUT2D eigenvalue weighted by molar-refractivity contribution is 0.171. The predicted molar refractivity (Wildman–Crippen MR) is 94.8 cm³/mol. The minimum absolute atomic E-state index is 0.107. The average molecular weight is 360 g/mol. The number of fused-ring (bicyclic) bond motifs is 1. The molecule has 1 N–H and O–H groups in total. The highest BCUT2D eigenvalue weighted by molar-refractivity contribution is 7.99. The van der Waals surface area contributed by atoms with Gasteiger partial charge in [-0.25, -0.2) is 9.18 Å². The van der Waals surface area contributed by atoms with Crippen molar-refractivity contribution in [3.63, 3.8) is 0 Å². The Morgan fingerprint density at radius 3 is 2.84 bits per heavy atom. The Morgan fingerprint density at radius 2 is 2.00 bits per heavy atom. The molecule has 7 heteroatoms. The molecule has 4 rings (SSSR count). The van der Waals surface area contributed by atoms with Crippen LogP contribution >= 0.6 is 11.8 Å². The number of halogens is 1. The summed E-state index contributed by atoms with van der Waals surface area (Å²) in [6.07, 6.45) is 0. The summed E-state index contributed by atoms with van der Waals surface area (Å²) >= 11 is 1.69. The van der Waals surface area contributed by atoms with E-state index in [1.54, 1.807) is 28.8 Å². The number of carbonyl (C=O) groups excluding carboxylic acids is 1. The van der Waals surface area contributed by atoms with Crippen molar-refractivity contribution in [1.82, 2.24) is 4.90 Å². The second-order valence-electron chi connectivity index (χ2n) is 5.76. The molecular weight excluding hydrogens is 343 g/mol. The van der Waals surface area contributed by atoms with Gasteiger partial charge in [0.25, 0.3) is 0 Å². The minimum Gasteiger partial charge on any atom is -0.486 e. The lowest BCUT2D eigenvalue weighted by Gasteiger charge is -2.26. The number of nitrogens with zero attached hydrogens (tertiary/aromatic N) is 1. The molecule has 2 amide bonds. The highest BCUT2D eigenvalue weighted by Gasteiger charge is 2.31. The monoisotopic (exact) mass is 360 g/mol. The highest BCUT2D eigenvalue weighted by atomic mass is 32.2. The summed E-state index contributed by atoms with van der Waals surface area (Å²) in [7, 11) is 0. The summed E-state index contributed by atoms with van der Waals surface area (Å²) in [6, 6.07) is 11.4. The van der Waals surface area contributed by atoms with Gasteiger partial charge in [-0.05, 0) is 35.9 Å². The molecule has 0 spiro atoms. The van der Waals surface area contributed by atoms with Gasteiger partial charge in [-0.1, -0.05) is 12.1 Å². The number of hydrogen-bond acceptors (Lipinski definition) is 4. The smallest absolute Gasteiger partial charge is 0.323 e. The van der Waals surface area contributed by atoms with E-state index in [-0.39, 0.29) is 17.2 Å². The summed E-state index contributed by atoms with van der Waals surface area (Å²) in [5.74, 6) is 1.91. The van der Waals surface area contributed by atoms with Gasteiger partial charge < -0.3 is 19.7 Å². The molecule has 2 heterocycles. The lowest BCUT2D eigenvalue weighted by atomic mass is 10.1.